The fraction of sp³-hybridized carbons (Fsp3) is 0.538. The molecule has 0 bridgehead atoms. The van der Waals surface area contributed by atoms with Crippen LogP contribution >= 0.6 is 15.9 Å². The fourth-order valence-electron chi connectivity index (χ4n) is 2.49. The van der Waals surface area contributed by atoms with Crippen LogP contribution < -0.4 is 5.32 Å². The molecule has 1 saturated heterocycles. The van der Waals surface area contributed by atoms with Crippen LogP contribution in [0.3, 0.4) is 0 Å². The van der Waals surface area contributed by atoms with Gasteiger partial charge in [-0.25, -0.2) is 0 Å². The Morgan fingerprint density at radius 1 is 1.27 bits per heavy atom. The van der Waals surface area contributed by atoms with Crippen LogP contribution in [0.4, 0.5) is 0 Å². The molecule has 1 aromatic rings. The van der Waals surface area contributed by atoms with E-state index in [9.17, 15) is 0 Å². The Balaban J connectivity index is 2.28. The molecule has 0 aliphatic carbocycles. The lowest BCUT2D eigenvalue weighted by atomic mass is 9.80. The summed E-state index contributed by atoms with van der Waals surface area (Å²) in [6.45, 7) is 3.43. The molecule has 0 spiro atoms. The van der Waals surface area contributed by atoms with Gasteiger partial charge in [-0.15, -0.1) is 0 Å². The smallest absolute Gasteiger partial charge is 0.0432 e. The second-order valence-electron chi connectivity index (χ2n) is 4.33. The highest BCUT2D eigenvalue weighted by atomic mass is 79.9. The largest absolute Gasteiger partial charge is 0.307 e. The number of piperidine rings is 1. The third-order valence-electron chi connectivity index (χ3n) is 3.49. The summed E-state index contributed by atoms with van der Waals surface area (Å²) < 4.78 is 1.16. The molecule has 82 valence electrons. The first-order valence-corrected chi connectivity index (χ1v) is 6.57. The van der Waals surface area contributed by atoms with Gasteiger partial charge in [-0.3, -0.25) is 0 Å². The molecule has 1 fully saturated rings. The average molecular weight is 268 g/mol. The lowest BCUT2D eigenvalue weighted by Crippen LogP contribution is -2.45. The molecule has 1 nitrogen and oxygen atoms in total. The summed E-state index contributed by atoms with van der Waals surface area (Å²) in [5.74, 6) is 0. The van der Waals surface area contributed by atoms with Crippen LogP contribution in [0.5, 0.6) is 0 Å². The van der Waals surface area contributed by atoms with Crippen molar-refractivity contribution in [2.75, 3.05) is 6.54 Å². The van der Waals surface area contributed by atoms with E-state index in [0.717, 1.165) is 11.0 Å². The Bertz CT molecular complexity index is 312. The van der Waals surface area contributed by atoms with Crippen LogP contribution in [0.1, 0.15) is 38.2 Å². The van der Waals surface area contributed by atoms with E-state index in [4.69, 9.17) is 0 Å². The lowest BCUT2D eigenvalue weighted by Gasteiger charge is -2.38. The monoisotopic (exact) mass is 267 g/mol. The first-order chi connectivity index (χ1) is 7.27. The second kappa shape index (κ2) is 4.67. The minimum atomic E-state index is 0.235. The van der Waals surface area contributed by atoms with E-state index in [1.54, 1.807) is 0 Å². The molecule has 1 N–H and O–H groups in total. The molecule has 0 amide bonds. The first-order valence-electron chi connectivity index (χ1n) is 5.78. The Hall–Kier alpha value is -0.340. The SMILES string of the molecule is CCC1(c2ccc(Br)cc2)CCCCN1. The summed E-state index contributed by atoms with van der Waals surface area (Å²) in [5.41, 5.74) is 1.67. The molecule has 1 heterocycles. The van der Waals surface area contributed by atoms with E-state index in [0.29, 0.717) is 0 Å². The van der Waals surface area contributed by atoms with Gasteiger partial charge in [0.1, 0.15) is 0 Å². The highest BCUT2D eigenvalue weighted by Crippen LogP contribution is 2.33. The predicted octanol–water partition coefficient (Wildman–Crippen LogP) is 3.83. The van der Waals surface area contributed by atoms with Gasteiger partial charge >= 0.3 is 0 Å². The number of nitrogens with one attached hydrogen (secondary N) is 1. The van der Waals surface area contributed by atoms with E-state index in [2.05, 4.69) is 52.4 Å². The summed E-state index contributed by atoms with van der Waals surface area (Å²) in [7, 11) is 0. The zero-order valence-corrected chi connectivity index (χ0v) is 10.8. The van der Waals surface area contributed by atoms with E-state index in [-0.39, 0.29) is 5.54 Å². The van der Waals surface area contributed by atoms with Crippen molar-refractivity contribution in [3.05, 3.63) is 34.3 Å². The van der Waals surface area contributed by atoms with Crippen LogP contribution in [-0.4, -0.2) is 6.54 Å². The van der Waals surface area contributed by atoms with Gasteiger partial charge in [0.15, 0.2) is 0 Å². The number of benzene rings is 1. The topological polar surface area (TPSA) is 12.0 Å². The van der Waals surface area contributed by atoms with Crippen molar-refractivity contribution in [3.63, 3.8) is 0 Å². The van der Waals surface area contributed by atoms with Crippen LogP contribution in [-0.2, 0) is 5.54 Å². The van der Waals surface area contributed by atoms with Gasteiger partial charge in [0.25, 0.3) is 0 Å². The number of rotatable bonds is 2. The molecule has 2 heteroatoms. The van der Waals surface area contributed by atoms with Crippen molar-refractivity contribution in [2.24, 2.45) is 0 Å². The van der Waals surface area contributed by atoms with Gasteiger partial charge in [-0.2, -0.15) is 0 Å². The van der Waals surface area contributed by atoms with Crippen molar-refractivity contribution >= 4 is 15.9 Å². The lowest BCUT2D eigenvalue weighted by molar-refractivity contribution is 0.248. The highest BCUT2D eigenvalue weighted by molar-refractivity contribution is 9.10. The van der Waals surface area contributed by atoms with Crippen LogP contribution in [0.2, 0.25) is 0 Å². The standard InChI is InChI=1S/C13H18BrN/c1-2-13(9-3-4-10-15-13)11-5-7-12(14)8-6-11/h5-8,15H,2-4,9-10H2,1H3. The Labute approximate surface area is 100 Å². The Kier molecular flexibility index (Phi) is 3.47. The molecule has 0 saturated carbocycles. The van der Waals surface area contributed by atoms with Gasteiger partial charge in [0, 0.05) is 10.0 Å². The molecule has 1 aromatic carbocycles. The van der Waals surface area contributed by atoms with Crippen LogP contribution in [0.25, 0.3) is 0 Å². The van der Waals surface area contributed by atoms with Crippen molar-refractivity contribution in [1.29, 1.82) is 0 Å². The minimum absolute atomic E-state index is 0.235. The summed E-state index contributed by atoms with van der Waals surface area (Å²) in [5, 5.41) is 3.70. The Morgan fingerprint density at radius 2 is 2.00 bits per heavy atom. The molecule has 1 unspecified atom stereocenters. The number of hydrogen-bond acceptors (Lipinski definition) is 1. The van der Waals surface area contributed by atoms with E-state index >= 15 is 0 Å². The Morgan fingerprint density at radius 3 is 2.53 bits per heavy atom. The van der Waals surface area contributed by atoms with Crippen molar-refractivity contribution < 1.29 is 0 Å². The van der Waals surface area contributed by atoms with Gasteiger partial charge in [-0.05, 0) is 43.5 Å². The normalized spacial score (nSPS) is 26.5. The number of halogens is 1. The zero-order valence-electron chi connectivity index (χ0n) is 9.22. The van der Waals surface area contributed by atoms with Crippen molar-refractivity contribution in [2.45, 2.75) is 38.1 Å². The summed E-state index contributed by atoms with van der Waals surface area (Å²) >= 11 is 3.49. The molecule has 1 aliphatic rings. The predicted molar refractivity (Wildman–Crippen MR) is 68.0 cm³/mol. The molecular weight excluding hydrogens is 250 g/mol. The third-order valence-corrected chi connectivity index (χ3v) is 4.02. The highest BCUT2D eigenvalue weighted by Gasteiger charge is 2.31. The minimum Gasteiger partial charge on any atom is -0.307 e. The van der Waals surface area contributed by atoms with E-state index in [1.807, 2.05) is 0 Å². The second-order valence-corrected chi connectivity index (χ2v) is 5.24. The summed E-state index contributed by atoms with van der Waals surface area (Å²) in [6, 6.07) is 8.77. The molecular formula is C13H18BrN. The van der Waals surface area contributed by atoms with E-state index in [1.165, 1.54) is 31.2 Å². The molecule has 15 heavy (non-hydrogen) atoms. The molecule has 1 atom stereocenters. The molecule has 2 rings (SSSR count). The molecule has 1 aliphatic heterocycles. The average Bonchev–Trinajstić information content (AvgIpc) is 2.31. The maximum atomic E-state index is 3.70. The van der Waals surface area contributed by atoms with Crippen LogP contribution in [0.15, 0.2) is 28.7 Å². The quantitative estimate of drug-likeness (QED) is 0.859. The van der Waals surface area contributed by atoms with Gasteiger partial charge in [0.2, 0.25) is 0 Å². The van der Waals surface area contributed by atoms with Gasteiger partial charge in [-0.1, -0.05) is 41.4 Å². The zero-order chi connectivity index (χ0) is 10.7. The fourth-order valence-corrected chi connectivity index (χ4v) is 2.75. The van der Waals surface area contributed by atoms with E-state index < -0.39 is 0 Å². The molecule has 0 aromatic heterocycles. The first kappa shape index (κ1) is 11.2. The van der Waals surface area contributed by atoms with Gasteiger partial charge in [0.05, 0.1) is 0 Å². The third kappa shape index (κ3) is 2.26. The summed E-state index contributed by atoms with van der Waals surface area (Å²) in [4.78, 5) is 0. The van der Waals surface area contributed by atoms with Crippen LogP contribution in [0, 0.1) is 0 Å². The molecule has 0 radical (unpaired) electrons. The van der Waals surface area contributed by atoms with Gasteiger partial charge < -0.3 is 5.32 Å². The van der Waals surface area contributed by atoms with Crippen molar-refractivity contribution in [1.82, 2.24) is 5.32 Å². The van der Waals surface area contributed by atoms with Crippen molar-refractivity contribution in [3.8, 4) is 0 Å². The number of hydrogen-bond donors (Lipinski definition) is 1. The maximum Gasteiger partial charge on any atom is 0.0432 e. The summed E-state index contributed by atoms with van der Waals surface area (Å²) in [6.07, 6.45) is 5.11. The maximum absolute atomic E-state index is 3.70.